The number of benzene rings is 1. The summed E-state index contributed by atoms with van der Waals surface area (Å²) in [7, 11) is 0. The second-order valence-corrected chi connectivity index (χ2v) is 7.86. The molecule has 32 heavy (non-hydrogen) atoms. The van der Waals surface area contributed by atoms with Gasteiger partial charge < -0.3 is 5.32 Å². The number of hydrogen-bond acceptors (Lipinski definition) is 4. The van der Waals surface area contributed by atoms with E-state index in [1.165, 1.54) is 26.0 Å². The molecule has 0 radical (unpaired) electrons. The third-order valence-electron chi connectivity index (χ3n) is 5.86. The Hall–Kier alpha value is -3.11. The van der Waals surface area contributed by atoms with Gasteiger partial charge in [-0.05, 0) is 26.7 Å². The molecule has 0 saturated heterocycles. The Bertz CT molecular complexity index is 1250. The summed E-state index contributed by atoms with van der Waals surface area (Å²) in [5.41, 5.74) is -3.74. The number of fused-ring (bicyclic) bond motifs is 1. The van der Waals surface area contributed by atoms with Gasteiger partial charge in [0.05, 0.1) is 22.5 Å². The van der Waals surface area contributed by atoms with Gasteiger partial charge in [0.1, 0.15) is 23.5 Å². The summed E-state index contributed by atoms with van der Waals surface area (Å²) < 4.78 is 82.3. The van der Waals surface area contributed by atoms with Crippen molar-refractivity contribution in [3.05, 3.63) is 63.6 Å². The minimum Gasteiger partial charge on any atom is -0.363 e. The van der Waals surface area contributed by atoms with Crippen molar-refractivity contribution in [3.8, 4) is 0 Å². The van der Waals surface area contributed by atoms with E-state index in [-0.39, 0.29) is 40.7 Å². The lowest BCUT2D eigenvalue weighted by Crippen LogP contribution is -2.42. The molecule has 1 aromatic carbocycles. The Morgan fingerprint density at radius 2 is 1.81 bits per heavy atom. The topological polar surface area (TPSA) is 59.8 Å². The molecule has 11 heteroatoms. The first-order valence-electron chi connectivity index (χ1n) is 9.75. The summed E-state index contributed by atoms with van der Waals surface area (Å²) in [6.45, 7) is 2.88. The van der Waals surface area contributed by atoms with Crippen LogP contribution in [-0.4, -0.2) is 20.7 Å². The standard InChI is InChI=1S/C21H18F6N4O/c1-10-16-14(8-31(19(10)32)20(6-7-20)21(25,26)27)18(29-9-28-16)30-11(2)12-4-3-5-13(15(12)22)17(23)24/h3-5,8-9,11,17H,6-7H2,1-2H3,(H,28,29,30)/t11-/m0/s1. The second kappa shape index (κ2) is 7.49. The Labute approximate surface area is 178 Å². The highest BCUT2D eigenvalue weighted by molar-refractivity contribution is 5.90. The number of halogens is 6. The van der Waals surface area contributed by atoms with E-state index in [0.717, 1.165) is 18.6 Å². The molecule has 3 aromatic rings. The number of aromatic nitrogens is 3. The fraction of sp³-hybridized carbons (Fsp3) is 0.381. The number of anilines is 1. The van der Waals surface area contributed by atoms with E-state index in [4.69, 9.17) is 0 Å². The maximum atomic E-state index is 14.5. The van der Waals surface area contributed by atoms with E-state index < -0.39 is 41.1 Å². The molecule has 1 saturated carbocycles. The minimum atomic E-state index is -4.62. The molecule has 1 fully saturated rings. The molecule has 4 rings (SSSR count). The van der Waals surface area contributed by atoms with E-state index in [1.54, 1.807) is 0 Å². The van der Waals surface area contributed by atoms with Crippen molar-refractivity contribution in [2.75, 3.05) is 5.32 Å². The van der Waals surface area contributed by atoms with E-state index in [2.05, 4.69) is 15.3 Å². The lowest BCUT2D eigenvalue weighted by Gasteiger charge is -2.24. The SMILES string of the molecule is Cc1c(=O)n(C2(C(F)(F)F)CC2)cc2c(N[C@@H](C)c3cccc(C(F)F)c3F)ncnc12. The van der Waals surface area contributed by atoms with Crippen LogP contribution in [0.2, 0.25) is 0 Å². The van der Waals surface area contributed by atoms with Crippen LogP contribution in [0.1, 0.15) is 48.9 Å². The maximum absolute atomic E-state index is 14.5. The molecule has 1 N–H and O–H groups in total. The van der Waals surface area contributed by atoms with E-state index in [1.807, 2.05) is 0 Å². The molecule has 2 heterocycles. The Kier molecular flexibility index (Phi) is 5.17. The molecular formula is C21H18F6N4O. The highest BCUT2D eigenvalue weighted by Gasteiger charge is 2.65. The van der Waals surface area contributed by atoms with Crippen LogP contribution in [-0.2, 0) is 5.54 Å². The fourth-order valence-corrected chi connectivity index (χ4v) is 3.85. The Balaban J connectivity index is 1.81. The average Bonchev–Trinajstić information content (AvgIpc) is 3.53. The van der Waals surface area contributed by atoms with Crippen LogP contribution in [0.25, 0.3) is 10.9 Å². The molecular weight excluding hydrogens is 438 g/mol. The second-order valence-electron chi connectivity index (χ2n) is 7.86. The summed E-state index contributed by atoms with van der Waals surface area (Å²) in [6.07, 6.45) is -5.88. The first-order chi connectivity index (χ1) is 15.0. The highest BCUT2D eigenvalue weighted by Crippen LogP contribution is 2.55. The van der Waals surface area contributed by atoms with Gasteiger partial charge in [-0.2, -0.15) is 13.2 Å². The molecule has 1 aliphatic carbocycles. The van der Waals surface area contributed by atoms with Gasteiger partial charge in [-0.25, -0.2) is 23.1 Å². The molecule has 0 spiro atoms. The van der Waals surface area contributed by atoms with Gasteiger partial charge in [0, 0.05) is 17.3 Å². The summed E-state index contributed by atoms with van der Waals surface area (Å²) in [5, 5.41) is 3.00. The summed E-state index contributed by atoms with van der Waals surface area (Å²) >= 11 is 0. The number of pyridine rings is 1. The molecule has 0 aliphatic heterocycles. The molecule has 2 aromatic heterocycles. The van der Waals surface area contributed by atoms with Gasteiger partial charge in [0.15, 0.2) is 0 Å². The summed E-state index contributed by atoms with van der Waals surface area (Å²) in [5.74, 6) is -1.03. The zero-order valence-corrected chi connectivity index (χ0v) is 17.0. The van der Waals surface area contributed by atoms with Crippen molar-refractivity contribution in [2.45, 2.75) is 50.9 Å². The van der Waals surface area contributed by atoms with Crippen molar-refractivity contribution in [1.29, 1.82) is 0 Å². The lowest BCUT2D eigenvalue weighted by molar-refractivity contribution is -0.180. The van der Waals surface area contributed by atoms with Crippen molar-refractivity contribution in [2.24, 2.45) is 0 Å². The highest BCUT2D eigenvalue weighted by atomic mass is 19.4. The van der Waals surface area contributed by atoms with Gasteiger partial charge >= 0.3 is 6.18 Å². The predicted molar refractivity (Wildman–Crippen MR) is 105 cm³/mol. The molecule has 0 amide bonds. The first-order valence-corrected chi connectivity index (χ1v) is 9.75. The minimum absolute atomic E-state index is 0.0157. The van der Waals surface area contributed by atoms with Gasteiger partial charge in [-0.15, -0.1) is 0 Å². The summed E-state index contributed by atoms with van der Waals surface area (Å²) in [4.78, 5) is 20.7. The third kappa shape index (κ3) is 3.39. The van der Waals surface area contributed by atoms with Crippen molar-refractivity contribution in [1.82, 2.24) is 14.5 Å². The fourth-order valence-electron chi connectivity index (χ4n) is 3.85. The Morgan fingerprint density at radius 3 is 2.41 bits per heavy atom. The van der Waals surface area contributed by atoms with Crippen LogP contribution in [0, 0.1) is 12.7 Å². The number of alkyl halides is 5. The first kappa shape index (κ1) is 22.1. The molecule has 170 valence electrons. The normalized spacial score (nSPS) is 16.4. The largest absolute Gasteiger partial charge is 0.412 e. The van der Waals surface area contributed by atoms with Crippen LogP contribution in [0.3, 0.4) is 0 Å². The zero-order valence-electron chi connectivity index (χ0n) is 17.0. The maximum Gasteiger partial charge on any atom is 0.412 e. The van der Waals surface area contributed by atoms with Crippen LogP contribution < -0.4 is 10.9 Å². The number of nitrogens with one attached hydrogen (secondary N) is 1. The number of aryl methyl sites for hydroxylation is 1. The summed E-state index contributed by atoms with van der Waals surface area (Å²) in [6, 6.07) is 2.74. The molecule has 5 nitrogen and oxygen atoms in total. The van der Waals surface area contributed by atoms with Crippen molar-refractivity contribution < 1.29 is 26.3 Å². The van der Waals surface area contributed by atoms with Crippen molar-refractivity contribution in [3.63, 3.8) is 0 Å². The molecule has 1 atom stereocenters. The molecule has 0 bridgehead atoms. The molecule has 1 aliphatic rings. The average molecular weight is 456 g/mol. The van der Waals surface area contributed by atoms with Gasteiger partial charge in [0.2, 0.25) is 0 Å². The predicted octanol–water partition coefficient (Wildman–Crippen LogP) is 5.40. The van der Waals surface area contributed by atoms with Crippen LogP contribution >= 0.6 is 0 Å². The van der Waals surface area contributed by atoms with Crippen LogP contribution in [0.4, 0.5) is 32.2 Å². The smallest absolute Gasteiger partial charge is 0.363 e. The lowest BCUT2D eigenvalue weighted by atomic mass is 10.0. The van der Waals surface area contributed by atoms with Gasteiger partial charge in [-0.3, -0.25) is 9.36 Å². The van der Waals surface area contributed by atoms with Gasteiger partial charge in [-0.1, -0.05) is 18.2 Å². The van der Waals surface area contributed by atoms with E-state index in [9.17, 15) is 31.1 Å². The van der Waals surface area contributed by atoms with Gasteiger partial charge in [0.25, 0.3) is 12.0 Å². The van der Waals surface area contributed by atoms with Crippen LogP contribution in [0.15, 0.2) is 35.5 Å². The van der Waals surface area contributed by atoms with Crippen LogP contribution in [0.5, 0.6) is 0 Å². The van der Waals surface area contributed by atoms with E-state index >= 15 is 0 Å². The number of rotatable bonds is 5. The molecule has 0 unspecified atom stereocenters. The number of nitrogens with zero attached hydrogens (tertiary/aromatic N) is 3. The van der Waals surface area contributed by atoms with Crippen molar-refractivity contribution >= 4 is 16.7 Å². The zero-order chi connectivity index (χ0) is 23.4. The number of hydrogen-bond donors (Lipinski definition) is 1. The van der Waals surface area contributed by atoms with E-state index in [0.29, 0.717) is 4.57 Å². The quantitative estimate of drug-likeness (QED) is 0.523. The Morgan fingerprint density at radius 1 is 1.16 bits per heavy atom. The monoisotopic (exact) mass is 456 g/mol. The third-order valence-corrected chi connectivity index (χ3v) is 5.86.